The van der Waals surface area contributed by atoms with E-state index in [2.05, 4.69) is 23.5 Å². The second-order valence-corrected chi connectivity index (χ2v) is 4.73. The van der Waals surface area contributed by atoms with Crippen molar-refractivity contribution < 1.29 is 4.39 Å². The summed E-state index contributed by atoms with van der Waals surface area (Å²) in [4.78, 5) is 0. The summed E-state index contributed by atoms with van der Waals surface area (Å²) in [5.74, 6) is -0.194. The van der Waals surface area contributed by atoms with Crippen LogP contribution in [-0.4, -0.2) is 9.78 Å². The molecule has 0 atom stereocenters. The van der Waals surface area contributed by atoms with Crippen LogP contribution in [0.25, 0.3) is 0 Å². The van der Waals surface area contributed by atoms with Crippen molar-refractivity contribution in [3.05, 3.63) is 53.1 Å². The summed E-state index contributed by atoms with van der Waals surface area (Å²) in [7, 11) is 0. The first kappa shape index (κ1) is 13.7. The molecule has 0 fully saturated rings. The molecule has 0 aliphatic rings. The van der Waals surface area contributed by atoms with Crippen molar-refractivity contribution in [1.29, 1.82) is 0 Å². The second-order valence-electron chi connectivity index (χ2n) is 4.73. The van der Waals surface area contributed by atoms with E-state index < -0.39 is 0 Å². The lowest BCUT2D eigenvalue weighted by Crippen LogP contribution is -2.12. The fourth-order valence-electron chi connectivity index (χ4n) is 2.02. The Bertz CT molecular complexity index is 517. The van der Waals surface area contributed by atoms with E-state index in [-0.39, 0.29) is 5.82 Å². The molecular formula is C15H20FN3. The Morgan fingerprint density at radius 1 is 1.21 bits per heavy atom. The van der Waals surface area contributed by atoms with Gasteiger partial charge in [0.1, 0.15) is 5.82 Å². The Balaban J connectivity index is 1.86. The van der Waals surface area contributed by atoms with Gasteiger partial charge in [-0.05, 0) is 31.0 Å². The van der Waals surface area contributed by atoms with E-state index in [0.717, 1.165) is 37.3 Å². The molecule has 19 heavy (non-hydrogen) atoms. The summed E-state index contributed by atoms with van der Waals surface area (Å²) in [6.45, 7) is 6.65. The average Bonchev–Trinajstić information content (AvgIpc) is 2.73. The molecule has 0 amide bonds. The lowest BCUT2D eigenvalue weighted by molar-refractivity contribution is 0.597. The summed E-state index contributed by atoms with van der Waals surface area (Å²) in [6.07, 6.45) is 3.18. The van der Waals surface area contributed by atoms with Crippen molar-refractivity contribution in [2.75, 3.05) is 0 Å². The van der Waals surface area contributed by atoms with Gasteiger partial charge in [-0.15, -0.1) is 0 Å². The molecule has 1 N–H and O–H groups in total. The normalized spacial score (nSPS) is 10.9. The van der Waals surface area contributed by atoms with Gasteiger partial charge in [0.25, 0.3) is 0 Å². The minimum atomic E-state index is -0.194. The molecule has 102 valence electrons. The highest BCUT2D eigenvalue weighted by Gasteiger charge is 2.04. The highest BCUT2D eigenvalue weighted by atomic mass is 19.1. The standard InChI is InChI=1S/C15H20FN3/c1-3-8-19-11-14(12(2)18-19)10-17-9-13-4-6-15(16)7-5-13/h4-7,11,17H,3,8-10H2,1-2H3. The first-order chi connectivity index (χ1) is 9.19. The fraction of sp³-hybridized carbons (Fsp3) is 0.400. The van der Waals surface area contributed by atoms with Gasteiger partial charge in [-0.2, -0.15) is 5.10 Å². The lowest BCUT2D eigenvalue weighted by Gasteiger charge is -2.04. The maximum atomic E-state index is 12.8. The Kier molecular flexibility index (Phi) is 4.68. The lowest BCUT2D eigenvalue weighted by atomic mass is 10.2. The number of nitrogens with zero attached hydrogens (tertiary/aromatic N) is 2. The van der Waals surface area contributed by atoms with E-state index in [0.29, 0.717) is 0 Å². The molecule has 0 saturated heterocycles. The molecule has 4 heteroatoms. The molecular weight excluding hydrogens is 241 g/mol. The minimum absolute atomic E-state index is 0.194. The van der Waals surface area contributed by atoms with Crippen LogP contribution in [0.2, 0.25) is 0 Å². The maximum absolute atomic E-state index is 12.8. The fourth-order valence-corrected chi connectivity index (χ4v) is 2.02. The van der Waals surface area contributed by atoms with Crippen LogP contribution in [-0.2, 0) is 19.6 Å². The van der Waals surface area contributed by atoms with Crippen LogP contribution >= 0.6 is 0 Å². The minimum Gasteiger partial charge on any atom is -0.308 e. The first-order valence-corrected chi connectivity index (χ1v) is 6.67. The first-order valence-electron chi connectivity index (χ1n) is 6.67. The van der Waals surface area contributed by atoms with E-state index >= 15 is 0 Å². The van der Waals surface area contributed by atoms with Gasteiger partial charge in [-0.25, -0.2) is 4.39 Å². The van der Waals surface area contributed by atoms with Gasteiger partial charge < -0.3 is 5.32 Å². The van der Waals surface area contributed by atoms with Crippen LogP contribution in [0, 0.1) is 12.7 Å². The highest BCUT2D eigenvalue weighted by molar-refractivity contribution is 5.17. The molecule has 3 nitrogen and oxygen atoms in total. The van der Waals surface area contributed by atoms with Gasteiger partial charge >= 0.3 is 0 Å². The number of benzene rings is 1. The number of rotatable bonds is 6. The largest absolute Gasteiger partial charge is 0.308 e. The zero-order valence-corrected chi connectivity index (χ0v) is 11.5. The summed E-state index contributed by atoms with van der Waals surface area (Å²) in [5.41, 5.74) is 3.37. The van der Waals surface area contributed by atoms with Gasteiger partial charge in [0.05, 0.1) is 5.69 Å². The van der Waals surface area contributed by atoms with E-state index in [1.807, 2.05) is 11.6 Å². The monoisotopic (exact) mass is 261 g/mol. The van der Waals surface area contributed by atoms with Crippen molar-refractivity contribution in [3.63, 3.8) is 0 Å². The van der Waals surface area contributed by atoms with Gasteiger partial charge in [0.15, 0.2) is 0 Å². The van der Waals surface area contributed by atoms with Crippen LogP contribution < -0.4 is 5.32 Å². The quantitative estimate of drug-likeness (QED) is 0.866. The van der Waals surface area contributed by atoms with E-state index in [4.69, 9.17) is 0 Å². The third-order valence-electron chi connectivity index (χ3n) is 3.06. The number of aryl methyl sites for hydroxylation is 2. The summed E-state index contributed by atoms with van der Waals surface area (Å²) in [5, 5.41) is 7.82. The number of nitrogens with one attached hydrogen (secondary N) is 1. The molecule has 2 aromatic rings. The number of hydrogen-bond acceptors (Lipinski definition) is 2. The zero-order chi connectivity index (χ0) is 13.7. The van der Waals surface area contributed by atoms with Gasteiger partial charge in [-0.3, -0.25) is 4.68 Å². The Morgan fingerprint density at radius 3 is 2.63 bits per heavy atom. The van der Waals surface area contributed by atoms with Crippen LogP contribution in [0.15, 0.2) is 30.5 Å². The SMILES string of the molecule is CCCn1cc(CNCc2ccc(F)cc2)c(C)n1. The van der Waals surface area contributed by atoms with Crippen molar-refractivity contribution in [2.45, 2.75) is 39.9 Å². The summed E-state index contributed by atoms with van der Waals surface area (Å²) >= 11 is 0. The molecule has 1 aromatic carbocycles. The van der Waals surface area contributed by atoms with Gasteiger partial charge in [-0.1, -0.05) is 19.1 Å². The number of halogens is 1. The zero-order valence-electron chi connectivity index (χ0n) is 11.5. The molecule has 2 rings (SSSR count). The molecule has 0 aliphatic heterocycles. The molecule has 1 aromatic heterocycles. The molecule has 0 aliphatic carbocycles. The third kappa shape index (κ3) is 3.89. The topological polar surface area (TPSA) is 29.9 Å². The molecule has 0 saturated carbocycles. The van der Waals surface area contributed by atoms with Crippen LogP contribution in [0.1, 0.15) is 30.2 Å². The van der Waals surface area contributed by atoms with E-state index in [1.165, 1.54) is 17.7 Å². The third-order valence-corrected chi connectivity index (χ3v) is 3.06. The van der Waals surface area contributed by atoms with Crippen molar-refractivity contribution >= 4 is 0 Å². The smallest absolute Gasteiger partial charge is 0.123 e. The maximum Gasteiger partial charge on any atom is 0.123 e. The Labute approximate surface area is 113 Å². The van der Waals surface area contributed by atoms with Crippen LogP contribution in [0.4, 0.5) is 4.39 Å². The van der Waals surface area contributed by atoms with Crippen molar-refractivity contribution in [2.24, 2.45) is 0 Å². The van der Waals surface area contributed by atoms with E-state index in [9.17, 15) is 4.39 Å². The summed E-state index contributed by atoms with van der Waals surface area (Å²) < 4.78 is 14.8. The number of hydrogen-bond donors (Lipinski definition) is 1. The van der Waals surface area contributed by atoms with E-state index in [1.54, 1.807) is 12.1 Å². The summed E-state index contributed by atoms with van der Waals surface area (Å²) in [6, 6.07) is 6.58. The molecule has 0 spiro atoms. The Morgan fingerprint density at radius 2 is 1.95 bits per heavy atom. The predicted molar refractivity (Wildman–Crippen MR) is 74.2 cm³/mol. The average molecular weight is 261 g/mol. The van der Waals surface area contributed by atoms with Crippen LogP contribution in [0.3, 0.4) is 0 Å². The molecule has 0 radical (unpaired) electrons. The van der Waals surface area contributed by atoms with Crippen LogP contribution in [0.5, 0.6) is 0 Å². The van der Waals surface area contributed by atoms with Gasteiger partial charge in [0, 0.05) is 31.4 Å². The molecule has 1 heterocycles. The number of aromatic nitrogens is 2. The van der Waals surface area contributed by atoms with Crippen molar-refractivity contribution in [3.8, 4) is 0 Å². The molecule has 0 bridgehead atoms. The van der Waals surface area contributed by atoms with Gasteiger partial charge in [0.2, 0.25) is 0 Å². The highest BCUT2D eigenvalue weighted by Crippen LogP contribution is 2.07. The predicted octanol–water partition coefficient (Wildman–Crippen LogP) is 3.03. The Hall–Kier alpha value is -1.68. The molecule has 0 unspecified atom stereocenters. The second kappa shape index (κ2) is 6.48. The van der Waals surface area contributed by atoms with Crippen molar-refractivity contribution in [1.82, 2.24) is 15.1 Å².